The Morgan fingerprint density at radius 1 is 1.03 bits per heavy atom. The van der Waals surface area contributed by atoms with Crippen LogP contribution in [-0.2, 0) is 0 Å². The lowest BCUT2D eigenvalue weighted by Gasteiger charge is -2.27. The molecule has 156 valence electrons. The van der Waals surface area contributed by atoms with E-state index in [-0.39, 0.29) is 17.0 Å². The third-order valence-corrected chi connectivity index (χ3v) is 5.38. The van der Waals surface area contributed by atoms with Gasteiger partial charge in [0.15, 0.2) is 11.5 Å². The number of amides is 1. The second-order valence-corrected chi connectivity index (χ2v) is 7.16. The summed E-state index contributed by atoms with van der Waals surface area (Å²) in [4.78, 5) is 32.0. The number of hydrogen-bond donors (Lipinski definition) is 0. The van der Waals surface area contributed by atoms with Crippen LogP contribution in [0.3, 0.4) is 0 Å². The predicted octanol–water partition coefficient (Wildman–Crippen LogP) is 3.17. The highest BCUT2D eigenvalue weighted by atomic mass is 19.1. The van der Waals surface area contributed by atoms with Crippen LogP contribution in [0.5, 0.6) is 11.5 Å². The highest BCUT2D eigenvalue weighted by molar-refractivity contribution is 6.07. The minimum Gasteiger partial charge on any atom is -0.493 e. The first-order valence-electron chi connectivity index (χ1n) is 9.76. The number of fused-ring (bicyclic) bond motifs is 1. The van der Waals surface area contributed by atoms with Gasteiger partial charge in [0.05, 0.1) is 30.9 Å². The third kappa shape index (κ3) is 3.49. The largest absolute Gasteiger partial charge is 0.493 e. The number of nitrogens with zero attached hydrogens (tertiary/aromatic N) is 3. The molecule has 1 fully saturated rings. The Bertz CT molecular complexity index is 1170. The van der Waals surface area contributed by atoms with Gasteiger partial charge >= 0.3 is 0 Å². The Labute approximate surface area is 172 Å². The molecule has 3 heterocycles. The first-order chi connectivity index (χ1) is 14.5. The van der Waals surface area contributed by atoms with E-state index in [2.05, 4.69) is 4.98 Å². The van der Waals surface area contributed by atoms with Crippen LogP contribution in [0.25, 0.3) is 16.5 Å². The number of methoxy groups -OCH3 is 2. The van der Waals surface area contributed by atoms with Crippen molar-refractivity contribution in [2.24, 2.45) is 0 Å². The number of pyridine rings is 2. The van der Waals surface area contributed by atoms with Crippen molar-refractivity contribution in [2.75, 3.05) is 27.3 Å². The molecule has 0 aliphatic carbocycles. The molecule has 0 spiro atoms. The Kier molecular flexibility index (Phi) is 5.39. The lowest BCUT2D eigenvalue weighted by molar-refractivity contribution is 0.0725. The summed E-state index contributed by atoms with van der Waals surface area (Å²) in [5, 5.41) is 0.756. The molecule has 7 nitrogen and oxygen atoms in total. The van der Waals surface area contributed by atoms with Gasteiger partial charge in [0.25, 0.3) is 11.5 Å². The molecular formula is C22H22FN3O4. The molecule has 0 atom stereocenters. The maximum atomic E-state index is 13.7. The molecule has 8 heteroatoms. The first-order valence-corrected chi connectivity index (χ1v) is 9.76. The van der Waals surface area contributed by atoms with Gasteiger partial charge in [-0.3, -0.25) is 14.2 Å². The van der Waals surface area contributed by atoms with Gasteiger partial charge in [-0.2, -0.15) is 4.39 Å². The van der Waals surface area contributed by atoms with Gasteiger partial charge in [-0.25, -0.2) is 4.98 Å². The minimum atomic E-state index is -0.712. The number of halogens is 1. The molecule has 0 N–H and O–H groups in total. The SMILES string of the molecule is COc1cc2c(C(=O)N3CCCCC3)cn(-c3ccnc(F)c3)c(=O)c2cc1OC. The zero-order chi connectivity index (χ0) is 21.3. The molecule has 30 heavy (non-hydrogen) atoms. The molecular weight excluding hydrogens is 389 g/mol. The highest BCUT2D eigenvalue weighted by Crippen LogP contribution is 2.33. The van der Waals surface area contributed by atoms with Crippen LogP contribution in [-0.4, -0.2) is 47.7 Å². The van der Waals surface area contributed by atoms with E-state index in [1.807, 2.05) is 0 Å². The van der Waals surface area contributed by atoms with Crippen LogP contribution >= 0.6 is 0 Å². The smallest absolute Gasteiger partial charge is 0.263 e. The molecule has 0 unspecified atom stereocenters. The Morgan fingerprint density at radius 3 is 2.33 bits per heavy atom. The fourth-order valence-corrected chi connectivity index (χ4v) is 3.84. The molecule has 3 aromatic rings. The monoisotopic (exact) mass is 411 g/mol. The second kappa shape index (κ2) is 8.14. The van der Waals surface area contributed by atoms with Crippen molar-refractivity contribution >= 4 is 16.7 Å². The zero-order valence-electron chi connectivity index (χ0n) is 16.9. The average molecular weight is 411 g/mol. The fourth-order valence-electron chi connectivity index (χ4n) is 3.84. The summed E-state index contributed by atoms with van der Waals surface area (Å²) in [6.07, 6.45) is 5.72. The number of benzene rings is 1. The lowest BCUT2D eigenvalue weighted by atomic mass is 10.0. The number of ether oxygens (including phenoxy) is 2. The van der Waals surface area contributed by atoms with Gasteiger partial charge in [0.1, 0.15) is 0 Å². The van der Waals surface area contributed by atoms with Crippen LogP contribution in [0.4, 0.5) is 4.39 Å². The van der Waals surface area contributed by atoms with E-state index in [0.29, 0.717) is 35.5 Å². The van der Waals surface area contributed by atoms with Gasteiger partial charge in [-0.15, -0.1) is 0 Å². The average Bonchev–Trinajstić information content (AvgIpc) is 2.78. The first kappa shape index (κ1) is 19.9. The van der Waals surface area contributed by atoms with E-state index in [0.717, 1.165) is 25.3 Å². The van der Waals surface area contributed by atoms with Crippen LogP contribution in [0.2, 0.25) is 0 Å². The number of likely N-dealkylation sites (tertiary alicyclic amines) is 1. The number of piperidine rings is 1. The van der Waals surface area contributed by atoms with E-state index in [9.17, 15) is 14.0 Å². The molecule has 1 aliphatic rings. The van der Waals surface area contributed by atoms with Crippen LogP contribution in [0.15, 0.2) is 41.5 Å². The molecule has 1 aliphatic heterocycles. The van der Waals surface area contributed by atoms with Gasteiger partial charge in [0, 0.05) is 36.9 Å². The van der Waals surface area contributed by atoms with Crippen LogP contribution in [0, 0.1) is 5.95 Å². The topological polar surface area (TPSA) is 73.7 Å². The summed E-state index contributed by atoms with van der Waals surface area (Å²) in [5.74, 6) is -0.0900. The third-order valence-electron chi connectivity index (χ3n) is 5.38. The van der Waals surface area contributed by atoms with E-state index >= 15 is 0 Å². The number of carbonyl (C=O) groups excluding carboxylic acids is 1. The Balaban J connectivity index is 2.00. The molecule has 0 saturated carbocycles. The quantitative estimate of drug-likeness (QED) is 0.617. The van der Waals surface area contributed by atoms with Crippen molar-refractivity contribution in [2.45, 2.75) is 19.3 Å². The van der Waals surface area contributed by atoms with Crippen LogP contribution < -0.4 is 15.0 Å². The summed E-state index contributed by atoms with van der Waals surface area (Å²) in [7, 11) is 2.97. The van der Waals surface area contributed by atoms with Crippen LogP contribution in [0.1, 0.15) is 29.6 Å². The predicted molar refractivity (Wildman–Crippen MR) is 110 cm³/mol. The minimum absolute atomic E-state index is 0.171. The summed E-state index contributed by atoms with van der Waals surface area (Å²) in [6.45, 7) is 1.33. The Morgan fingerprint density at radius 2 is 1.70 bits per heavy atom. The standard InChI is InChI=1S/C22H22FN3O4/c1-29-18-11-15-16(12-19(18)30-2)22(28)26(14-6-7-24-20(23)10-14)13-17(15)21(27)25-8-4-3-5-9-25/h6-7,10-13H,3-5,8-9H2,1-2H3. The van der Waals surface area contributed by atoms with E-state index in [1.165, 1.54) is 37.2 Å². The van der Waals surface area contributed by atoms with Crippen molar-refractivity contribution in [3.63, 3.8) is 0 Å². The maximum Gasteiger partial charge on any atom is 0.263 e. The number of carbonyl (C=O) groups is 1. The lowest BCUT2D eigenvalue weighted by Crippen LogP contribution is -2.36. The summed E-state index contributed by atoms with van der Waals surface area (Å²) < 4.78 is 25.7. The second-order valence-electron chi connectivity index (χ2n) is 7.16. The normalized spacial score (nSPS) is 14.0. The summed E-state index contributed by atoms with van der Waals surface area (Å²) in [5.41, 5.74) is 0.244. The molecule has 2 aromatic heterocycles. The molecule has 0 radical (unpaired) electrons. The number of rotatable bonds is 4. The van der Waals surface area contributed by atoms with E-state index in [1.54, 1.807) is 17.0 Å². The highest BCUT2D eigenvalue weighted by Gasteiger charge is 2.24. The summed E-state index contributed by atoms with van der Waals surface area (Å²) >= 11 is 0. The van der Waals surface area contributed by atoms with Crippen molar-refractivity contribution in [1.82, 2.24) is 14.5 Å². The molecule has 1 aromatic carbocycles. The van der Waals surface area contributed by atoms with Gasteiger partial charge in [0.2, 0.25) is 5.95 Å². The van der Waals surface area contributed by atoms with Gasteiger partial charge in [-0.1, -0.05) is 0 Å². The number of aromatic nitrogens is 2. The molecule has 1 amide bonds. The van der Waals surface area contributed by atoms with Crippen molar-refractivity contribution < 1.29 is 18.7 Å². The molecule has 0 bridgehead atoms. The van der Waals surface area contributed by atoms with E-state index < -0.39 is 11.5 Å². The molecule has 4 rings (SSSR count). The van der Waals surface area contributed by atoms with Gasteiger partial charge < -0.3 is 14.4 Å². The maximum absolute atomic E-state index is 13.7. The fraction of sp³-hybridized carbons (Fsp3) is 0.318. The number of hydrogen-bond acceptors (Lipinski definition) is 5. The van der Waals surface area contributed by atoms with Crippen molar-refractivity contribution in [3.05, 3.63) is 58.5 Å². The van der Waals surface area contributed by atoms with E-state index in [4.69, 9.17) is 9.47 Å². The Hall–Kier alpha value is -3.42. The van der Waals surface area contributed by atoms with Crippen molar-refractivity contribution in [3.8, 4) is 17.2 Å². The van der Waals surface area contributed by atoms with Gasteiger partial charge in [-0.05, 0) is 37.5 Å². The summed E-state index contributed by atoms with van der Waals surface area (Å²) in [6, 6.07) is 5.87. The van der Waals surface area contributed by atoms with Crippen molar-refractivity contribution in [1.29, 1.82) is 0 Å². The molecule has 1 saturated heterocycles. The zero-order valence-corrected chi connectivity index (χ0v) is 16.9.